The van der Waals surface area contributed by atoms with Crippen molar-refractivity contribution in [2.24, 2.45) is 0 Å². The van der Waals surface area contributed by atoms with E-state index in [1.54, 1.807) is 36.5 Å². The number of hydrogen-bond acceptors (Lipinski definition) is 2. The summed E-state index contributed by atoms with van der Waals surface area (Å²) in [5.74, 6) is -0.970. The molecule has 108 valence electrons. The van der Waals surface area contributed by atoms with Gasteiger partial charge in [-0.1, -0.05) is 30.3 Å². The summed E-state index contributed by atoms with van der Waals surface area (Å²) in [6, 6.07) is 15.5. The highest BCUT2D eigenvalue weighted by atomic mass is 16.4. The average Bonchev–Trinajstić information content (AvgIpc) is 3.19. The van der Waals surface area contributed by atoms with Gasteiger partial charge in [0.05, 0.1) is 20.3 Å². The molecule has 0 bridgehead atoms. The molecule has 0 atom stereocenters. The molecule has 0 saturated heterocycles. The maximum absolute atomic E-state index is 11.5. The average molecular weight is 293 g/mol. The zero-order valence-corrected chi connectivity index (χ0v) is 11.5. The number of rotatable bonds is 3. The molecule has 2 aromatic heterocycles. The van der Waals surface area contributed by atoms with E-state index < -0.39 is 12.5 Å². The maximum Gasteiger partial charge on any atom is 0.337 e. The molecular formula is C18H13NO3. The smallest absolute Gasteiger partial charge is 0.337 e. The maximum atomic E-state index is 11.5. The van der Waals surface area contributed by atoms with Gasteiger partial charge < -0.3 is 14.1 Å². The first-order valence-electron chi connectivity index (χ1n) is 7.81. The van der Waals surface area contributed by atoms with E-state index in [1.807, 2.05) is 18.2 Å². The molecule has 4 heteroatoms. The van der Waals surface area contributed by atoms with Gasteiger partial charge in [0.1, 0.15) is 11.3 Å². The number of carbonyl (C=O) groups is 1. The van der Waals surface area contributed by atoms with Crippen LogP contribution in [0.25, 0.3) is 21.9 Å². The highest BCUT2D eigenvalue weighted by Gasteiger charge is 2.13. The van der Waals surface area contributed by atoms with Crippen molar-refractivity contribution < 1.29 is 17.1 Å². The Balaban J connectivity index is 1.96. The van der Waals surface area contributed by atoms with Crippen LogP contribution in [-0.4, -0.2) is 15.6 Å². The molecule has 4 rings (SSSR count). The van der Waals surface area contributed by atoms with Crippen molar-refractivity contribution in [2.45, 2.75) is 6.50 Å². The Labute approximate surface area is 129 Å². The largest absolute Gasteiger partial charge is 0.478 e. The summed E-state index contributed by atoms with van der Waals surface area (Å²) < 4.78 is 24.0. The number of nitrogens with zero attached hydrogens (tertiary/aromatic N) is 1. The predicted octanol–water partition coefficient (Wildman–Crippen LogP) is 4.13. The molecule has 1 N–H and O–H groups in total. The summed E-state index contributed by atoms with van der Waals surface area (Å²) in [7, 11) is 0. The van der Waals surface area contributed by atoms with E-state index in [9.17, 15) is 9.90 Å². The standard InChI is InChI=1S/C18H13NO3/c20-18(21)15-6-3-5-12-8-9-19(17(12)15)11-14-10-13-4-1-2-7-16(13)22-14/h1-10H,11H2,(H,20,21)/i11D2. The first-order chi connectivity index (χ1) is 11.5. The van der Waals surface area contributed by atoms with Crippen LogP contribution in [0.15, 0.2) is 65.2 Å². The van der Waals surface area contributed by atoms with Crippen LogP contribution >= 0.6 is 0 Å². The lowest BCUT2D eigenvalue weighted by molar-refractivity contribution is 0.0698. The highest BCUT2D eigenvalue weighted by Crippen LogP contribution is 2.24. The van der Waals surface area contributed by atoms with Crippen LogP contribution in [0.1, 0.15) is 18.9 Å². The van der Waals surface area contributed by atoms with Gasteiger partial charge in [0, 0.05) is 17.0 Å². The molecule has 0 aliphatic heterocycles. The lowest BCUT2D eigenvalue weighted by Crippen LogP contribution is -2.03. The fraction of sp³-hybridized carbons (Fsp3) is 0.0556. The lowest BCUT2D eigenvalue weighted by atomic mass is 10.1. The van der Waals surface area contributed by atoms with Gasteiger partial charge in [-0.3, -0.25) is 0 Å². The van der Waals surface area contributed by atoms with Gasteiger partial charge in [-0.25, -0.2) is 4.79 Å². The van der Waals surface area contributed by atoms with Crippen molar-refractivity contribution in [1.82, 2.24) is 4.57 Å². The molecule has 0 unspecified atom stereocenters. The minimum atomic E-state index is -2.02. The number of benzene rings is 2. The van der Waals surface area contributed by atoms with Crippen molar-refractivity contribution >= 4 is 27.8 Å². The normalized spacial score (nSPS) is 13.3. The van der Waals surface area contributed by atoms with Gasteiger partial charge in [-0.15, -0.1) is 0 Å². The van der Waals surface area contributed by atoms with E-state index in [0.29, 0.717) is 16.5 Å². The highest BCUT2D eigenvalue weighted by molar-refractivity contribution is 6.02. The number of furan rings is 1. The molecule has 2 heterocycles. The molecule has 0 spiro atoms. The Hall–Kier alpha value is -3.01. The van der Waals surface area contributed by atoms with Gasteiger partial charge in [-0.05, 0) is 24.3 Å². The second kappa shape index (κ2) is 4.77. The van der Waals surface area contributed by atoms with Gasteiger partial charge in [0.15, 0.2) is 0 Å². The minimum absolute atomic E-state index is 0.0532. The number of carboxylic acids is 1. The molecule has 0 radical (unpaired) electrons. The zero-order chi connectivity index (χ0) is 16.9. The lowest BCUT2D eigenvalue weighted by Gasteiger charge is -2.05. The SMILES string of the molecule is [2H]C([2H])(c1cc2ccccc2o1)n1ccc2cccc(C(=O)O)c21. The van der Waals surface area contributed by atoms with Gasteiger partial charge in [-0.2, -0.15) is 0 Å². The quantitative estimate of drug-likeness (QED) is 0.618. The molecule has 0 fully saturated rings. The number of hydrogen-bond donors (Lipinski definition) is 1. The monoisotopic (exact) mass is 293 g/mol. The van der Waals surface area contributed by atoms with E-state index in [-0.39, 0.29) is 11.3 Å². The fourth-order valence-corrected chi connectivity index (χ4v) is 2.62. The second-order valence-electron chi connectivity index (χ2n) is 4.99. The number of carboxylic acid groups (broad SMARTS) is 1. The number of aromatic carboxylic acids is 1. The Kier molecular flexibility index (Phi) is 2.32. The molecule has 0 aliphatic carbocycles. The van der Waals surface area contributed by atoms with E-state index in [0.717, 1.165) is 5.39 Å². The van der Waals surface area contributed by atoms with Crippen molar-refractivity contribution in [2.75, 3.05) is 0 Å². The number of para-hydroxylation sites is 2. The molecule has 22 heavy (non-hydrogen) atoms. The Morgan fingerprint density at radius 2 is 1.95 bits per heavy atom. The second-order valence-corrected chi connectivity index (χ2v) is 4.99. The van der Waals surface area contributed by atoms with Crippen molar-refractivity contribution in [3.05, 3.63) is 72.1 Å². The number of aromatic nitrogens is 1. The van der Waals surface area contributed by atoms with E-state index in [2.05, 4.69) is 0 Å². The minimum Gasteiger partial charge on any atom is -0.478 e. The molecule has 0 aliphatic rings. The third-order valence-corrected chi connectivity index (χ3v) is 3.60. The summed E-state index contributed by atoms with van der Waals surface area (Å²) in [5, 5.41) is 10.9. The van der Waals surface area contributed by atoms with Crippen LogP contribution in [0, 0.1) is 0 Å². The third-order valence-electron chi connectivity index (χ3n) is 3.60. The van der Waals surface area contributed by atoms with E-state index in [4.69, 9.17) is 7.16 Å². The van der Waals surface area contributed by atoms with Crippen molar-refractivity contribution in [1.29, 1.82) is 0 Å². The first kappa shape index (κ1) is 10.7. The van der Waals surface area contributed by atoms with Crippen LogP contribution in [0.5, 0.6) is 0 Å². The van der Waals surface area contributed by atoms with Crippen LogP contribution in [0.3, 0.4) is 0 Å². The summed E-state index contributed by atoms with van der Waals surface area (Å²) in [4.78, 5) is 11.5. The topological polar surface area (TPSA) is 55.4 Å². The molecule has 0 amide bonds. The number of fused-ring (bicyclic) bond motifs is 2. The molecule has 4 nitrogen and oxygen atoms in total. The van der Waals surface area contributed by atoms with Gasteiger partial charge >= 0.3 is 5.97 Å². The molecule has 4 aromatic rings. The van der Waals surface area contributed by atoms with Crippen LogP contribution < -0.4 is 0 Å². The summed E-state index contributed by atoms with van der Waals surface area (Å²) in [6.45, 7) is -2.02. The molecule has 2 aromatic carbocycles. The summed E-state index contributed by atoms with van der Waals surface area (Å²) in [5.41, 5.74) is 0.972. The Bertz CT molecular complexity index is 1050. The van der Waals surface area contributed by atoms with Gasteiger partial charge in [0.25, 0.3) is 0 Å². The van der Waals surface area contributed by atoms with Crippen LogP contribution in [0.2, 0.25) is 0 Å². The first-order valence-corrected chi connectivity index (χ1v) is 6.81. The zero-order valence-electron chi connectivity index (χ0n) is 13.5. The molecular weight excluding hydrogens is 278 g/mol. The summed E-state index contributed by atoms with van der Waals surface area (Å²) >= 11 is 0. The van der Waals surface area contributed by atoms with Crippen LogP contribution in [-0.2, 0) is 6.50 Å². The van der Waals surface area contributed by atoms with Crippen LogP contribution in [0.4, 0.5) is 0 Å². The van der Waals surface area contributed by atoms with E-state index in [1.165, 1.54) is 10.6 Å². The summed E-state index contributed by atoms with van der Waals surface area (Å²) in [6.07, 6.45) is 1.55. The van der Waals surface area contributed by atoms with Crippen molar-refractivity contribution in [3.8, 4) is 0 Å². The van der Waals surface area contributed by atoms with Crippen molar-refractivity contribution in [3.63, 3.8) is 0 Å². The Morgan fingerprint density at radius 1 is 1.14 bits per heavy atom. The van der Waals surface area contributed by atoms with Gasteiger partial charge in [0.2, 0.25) is 0 Å². The van der Waals surface area contributed by atoms with E-state index >= 15 is 0 Å². The Morgan fingerprint density at radius 3 is 2.77 bits per heavy atom. The third kappa shape index (κ3) is 1.97. The fourth-order valence-electron chi connectivity index (χ4n) is 2.62. The molecule has 0 saturated carbocycles. The predicted molar refractivity (Wildman–Crippen MR) is 84.2 cm³/mol.